The van der Waals surface area contributed by atoms with Crippen molar-refractivity contribution in [2.75, 3.05) is 13.1 Å². The van der Waals surface area contributed by atoms with Gasteiger partial charge in [0.25, 0.3) is 0 Å². The van der Waals surface area contributed by atoms with Gasteiger partial charge in [0.2, 0.25) is 5.91 Å². The maximum absolute atomic E-state index is 12.2. The Labute approximate surface area is 148 Å². The Morgan fingerprint density at radius 1 is 1.15 bits per heavy atom. The van der Waals surface area contributed by atoms with Gasteiger partial charge in [-0.05, 0) is 23.8 Å². The SMILES string of the molecule is C=CC(=O)OC1CCN(C(=O)/C=C/c2ccc(OC(F)(F)F)cc2)CC1. The number of likely N-dealkylation sites (tertiary alicyclic amines) is 1. The second-order valence-corrected chi connectivity index (χ2v) is 5.62. The van der Waals surface area contributed by atoms with E-state index in [9.17, 15) is 22.8 Å². The number of hydrogen-bond acceptors (Lipinski definition) is 4. The zero-order valence-corrected chi connectivity index (χ0v) is 13.9. The van der Waals surface area contributed by atoms with Gasteiger partial charge in [-0.1, -0.05) is 18.7 Å². The normalized spacial score (nSPS) is 15.7. The van der Waals surface area contributed by atoms with E-state index < -0.39 is 12.3 Å². The first-order valence-electron chi connectivity index (χ1n) is 7.92. The largest absolute Gasteiger partial charge is 0.573 e. The lowest BCUT2D eigenvalue weighted by Gasteiger charge is -2.30. The maximum Gasteiger partial charge on any atom is 0.573 e. The van der Waals surface area contributed by atoms with E-state index in [4.69, 9.17) is 4.74 Å². The highest BCUT2D eigenvalue weighted by atomic mass is 19.4. The van der Waals surface area contributed by atoms with Gasteiger partial charge in [-0.15, -0.1) is 13.2 Å². The summed E-state index contributed by atoms with van der Waals surface area (Å²) in [6.07, 6.45) is 0.101. The smallest absolute Gasteiger partial charge is 0.459 e. The summed E-state index contributed by atoms with van der Waals surface area (Å²) < 4.78 is 45.2. The number of alkyl halides is 3. The highest BCUT2D eigenvalue weighted by Crippen LogP contribution is 2.23. The molecule has 1 saturated heterocycles. The molecule has 1 heterocycles. The van der Waals surface area contributed by atoms with Gasteiger partial charge in [-0.2, -0.15) is 0 Å². The third-order valence-corrected chi connectivity index (χ3v) is 3.74. The fourth-order valence-corrected chi connectivity index (χ4v) is 2.46. The fraction of sp³-hybridized carbons (Fsp3) is 0.333. The first-order valence-corrected chi connectivity index (χ1v) is 7.92. The van der Waals surface area contributed by atoms with Gasteiger partial charge in [-0.3, -0.25) is 4.79 Å². The number of benzene rings is 1. The number of amides is 1. The van der Waals surface area contributed by atoms with Gasteiger partial charge in [0.05, 0.1) is 0 Å². The van der Waals surface area contributed by atoms with Crippen LogP contribution >= 0.6 is 0 Å². The molecule has 140 valence electrons. The van der Waals surface area contributed by atoms with Crippen molar-refractivity contribution in [1.82, 2.24) is 4.90 Å². The summed E-state index contributed by atoms with van der Waals surface area (Å²) in [5.74, 6) is -1.01. The van der Waals surface area contributed by atoms with E-state index in [-0.39, 0.29) is 17.8 Å². The van der Waals surface area contributed by atoms with E-state index in [1.165, 1.54) is 36.4 Å². The molecule has 1 aliphatic heterocycles. The molecule has 0 saturated carbocycles. The number of hydrogen-bond donors (Lipinski definition) is 0. The fourth-order valence-electron chi connectivity index (χ4n) is 2.46. The van der Waals surface area contributed by atoms with Crippen molar-refractivity contribution in [3.63, 3.8) is 0 Å². The van der Waals surface area contributed by atoms with Gasteiger partial charge < -0.3 is 14.4 Å². The lowest BCUT2D eigenvalue weighted by Crippen LogP contribution is -2.40. The molecule has 0 spiro atoms. The second-order valence-electron chi connectivity index (χ2n) is 5.62. The molecule has 5 nitrogen and oxygen atoms in total. The molecule has 0 atom stereocenters. The first kappa shape index (κ1) is 19.6. The van der Waals surface area contributed by atoms with E-state index in [1.807, 2.05) is 0 Å². The summed E-state index contributed by atoms with van der Waals surface area (Å²) in [5, 5.41) is 0. The number of carbonyl (C=O) groups excluding carboxylic acids is 2. The van der Waals surface area contributed by atoms with Gasteiger partial charge >= 0.3 is 12.3 Å². The standard InChI is InChI=1S/C18H18F3NO4/c1-2-17(24)25-14-9-11-22(12-10-14)16(23)8-5-13-3-6-15(7-4-13)26-18(19,20)21/h2-8,14H,1,9-12H2/b8-5+. The van der Waals surface area contributed by atoms with Crippen LogP contribution in [0.4, 0.5) is 13.2 Å². The molecule has 0 aromatic heterocycles. The average molecular weight is 369 g/mol. The van der Waals surface area contributed by atoms with Crippen molar-refractivity contribution in [1.29, 1.82) is 0 Å². The quantitative estimate of drug-likeness (QED) is 0.590. The van der Waals surface area contributed by atoms with E-state index in [2.05, 4.69) is 11.3 Å². The van der Waals surface area contributed by atoms with Crippen LogP contribution in [0.1, 0.15) is 18.4 Å². The minimum Gasteiger partial charge on any atom is -0.459 e. The number of nitrogens with zero attached hydrogens (tertiary/aromatic N) is 1. The van der Waals surface area contributed by atoms with Crippen LogP contribution < -0.4 is 4.74 Å². The lowest BCUT2D eigenvalue weighted by atomic mass is 10.1. The predicted molar refractivity (Wildman–Crippen MR) is 88.1 cm³/mol. The summed E-state index contributed by atoms with van der Waals surface area (Å²) >= 11 is 0. The van der Waals surface area contributed by atoms with E-state index in [0.29, 0.717) is 31.5 Å². The van der Waals surface area contributed by atoms with Crippen molar-refractivity contribution in [3.8, 4) is 5.75 Å². The molecule has 0 N–H and O–H groups in total. The van der Waals surface area contributed by atoms with Crippen molar-refractivity contribution in [2.45, 2.75) is 25.3 Å². The Morgan fingerprint density at radius 2 is 1.77 bits per heavy atom. The molecule has 2 rings (SSSR count). The topological polar surface area (TPSA) is 55.8 Å². The third kappa shape index (κ3) is 6.27. The van der Waals surface area contributed by atoms with Crippen molar-refractivity contribution >= 4 is 18.0 Å². The predicted octanol–water partition coefficient (Wildman–Crippen LogP) is 3.32. The molecular weight excluding hydrogens is 351 g/mol. The van der Waals surface area contributed by atoms with Crippen LogP contribution in [0.25, 0.3) is 6.08 Å². The van der Waals surface area contributed by atoms with Crippen LogP contribution in [0.2, 0.25) is 0 Å². The third-order valence-electron chi connectivity index (χ3n) is 3.74. The molecule has 0 unspecified atom stereocenters. The second kappa shape index (κ2) is 8.55. The zero-order chi connectivity index (χ0) is 19.2. The van der Waals surface area contributed by atoms with Gasteiger partial charge in [-0.25, -0.2) is 4.79 Å². The molecule has 1 fully saturated rings. The number of halogens is 3. The Hall–Kier alpha value is -2.77. The van der Waals surface area contributed by atoms with Gasteiger partial charge in [0.15, 0.2) is 0 Å². The number of esters is 1. The molecular formula is C18H18F3NO4. The molecule has 1 aromatic carbocycles. The molecule has 1 aromatic rings. The van der Waals surface area contributed by atoms with E-state index in [1.54, 1.807) is 4.90 Å². The van der Waals surface area contributed by atoms with Crippen molar-refractivity contribution < 1.29 is 32.2 Å². The molecule has 0 radical (unpaired) electrons. The molecule has 0 aliphatic carbocycles. The van der Waals surface area contributed by atoms with Gasteiger partial charge in [0, 0.05) is 38.1 Å². The number of piperidine rings is 1. The van der Waals surface area contributed by atoms with Crippen LogP contribution in [-0.2, 0) is 14.3 Å². The average Bonchev–Trinajstić information content (AvgIpc) is 2.60. The van der Waals surface area contributed by atoms with E-state index in [0.717, 1.165) is 6.08 Å². The van der Waals surface area contributed by atoms with Crippen LogP contribution in [0, 0.1) is 0 Å². The first-order chi connectivity index (χ1) is 12.3. The van der Waals surface area contributed by atoms with E-state index >= 15 is 0 Å². The van der Waals surface area contributed by atoms with Crippen molar-refractivity contribution in [2.24, 2.45) is 0 Å². The molecule has 1 aliphatic rings. The minimum atomic E-state index is -4.74. The highest BCUT2D eigenvalue weighted by molar-refractivity contribution is 5.91. The zero-order valence-electron chi connectivity index (χ0n) is 13.9. The maximum atomic E-state index is 12.2. The number of carbonyl (C=O) groups is 2. The molecule has 8 heteroatoms. The number of rotatable bonds is 5. The van der Waals surface area contributed by atoms with Crippen LogP contribution in [-0.4, -0.2) is 42.3 Å². The Balaban J connectivity index is 1.84. The van der Waals surface area contributed by atoms with Crippen LogP contribution in [0.3, 0.4) is 0 Å². The van der Waals surface area contributed by atoms with Gasteiger partial charge in [0.1, 0.15) is 11.9 Å². The lowest BCUT2D eigenvalue weighted by molar-refractivity contribution is -0.274. The summed E-state index contributed by atoms with van der Waals surface area (Å²) in [6, 6.07) is 5.20. The number of ether oxygens (including phenoxy) is 2. The summed E-state index contributed by atoms with van der Waals surface area (Å²) in [5.41, 5.74) is 0.572. The van der Waals surface area contributed by atoms with Crippen LogP contribution in [0.5, 0.6) is 5.75 Å². The van der Waals surface area contributed by atoms with Crippen LogP contribution in [0.15, 0.2) is 43.0 Å². The minimum absolute atomic E-state index is 0.214. The monoisotopic (exact) mass is 369 g/mol. The Bertz CT molecular complexity index is 675. The van der Waals surface area contributed by atoms with Crippen molar-refractivity contribution in [3.05, 3.63) is 48.6 Å². The summed E-state index contributed by atoms with van der Waals surface area (Å²) in [4.78, 5) is 24.9. The molecule has 0 bridgehead atoms. The summed E-state index contributed by atoms with van der Waals surface area (Å²) in [6.45, 7) is 4.24. The highest BCUT2D eigenvalue weighted by Gasteiger charge is 2.30. The summed E-state index contributed by atoms with van der Waals surface area (Å²) in [7, 11) is 0. The Kier molecular flexibility index (Phi) is 6.43. The Morgan fingerprint density at radius 3 is 2.31 bits per heavy atom. The molecule has 1 amide bonds. The molecule has 26 heavy (non-hydrogen) atoms.